The number of rotatable bonds is 4. The van der Waals surface area contributed by atoms with Gasteiger partial charge in [0.2, 0.25) is 5.91 Å². The first-order valence-corrected chi connectivity index (χ1v) is 9.71. The van der Waals surface area contributed by atoms with Crippen molar-refractivity contribution in [2.24, 2.45) is 5.92 Å². The Bertz CT molecular complexity index is 852. The molecule has 0 saturated carbocycles. The van der Waals surface area contributed by atoms with Gasteiger partial charge in [-0.1, -0.05) is 11.6 Å². The number of amides is 1. The number of carbonyl (C=O) groups is 1. The zero-order chi connectivity index (χ0) is 16.6. The molecular formula is C17H22N2O3S. The summed E-state index contributed by atoms with van der Waals surface area (Å²) < 4.78 is 22.9. The maximum Gasteiger partial charge on any atom is 0.224 e. The van der Waals surface area contributed by atoms with E-state index in [9.17, 15) is 13.2 Å². The summed E-state index contributed by atoms with van der Waals surface area (Å²) in [7, 11) is -2.89. The van der Waals surface area contributed by atoms with Crippen LogP contribution in [0, 0.1) is 19.8 Å². The van der Waals surface area contributed by atoms with Crippen LogP contribution < -0.4 is 5.32 Å². The van der Waals surface area contributed by atoms with Crippen molar-refractivity contribution < 1.29 is 13.2 Å². The molecule has 23 heavy (non-hydrogen) atoms. The van der Waals surface area contributed by atoms with Crippen LogP contribution >= 0.6 is 0 Å². The number of sulfone groups is 1. The van der Waals surface area contributed by atoms with Gasteiger partial charge in [0.25, 0.3) is 0 Å². The van der Waals surface area contributed by atoms with E-state index < -0.39 is 9.84 Å². The molecule has 1 saturated heterocycles. The highest BCUT2D eigenvalue weighted by molar-refractivity contribution is 7.91. The average molecular weight is 334 g/mol. The summed E-state index contributed by atoms with van der Waals surface area (Å²) in [6, 6.07) is 6.16. The predicted molar refractivity (Wildman–Crippen MR) is 91.2 cm³/mol. The van der Waals surface area contributed by atoms with Gasteiger partial charge in [-0.25, -0.2) is 8.42 Å². The highest BCUT2D eigenvalue weighted by Gasteiger charge is 2.28. The number of aryl methyl sites for hydroxylation is 2. The first-order valence-electron chi connectivity index (χ1n) is 7.89. The fraction of sp³-hybridized carbons (Fsp3) is 0.471. The number of hydrogen-bond donors (Lipinski definition) is 2. The molecule has 124 valence electrons. The van der Waals surface area contributed by atoms with Gasteiger partial charge in [-0.05, 0) is 43.9 Å². The fourth-order valence-electron chi connectivity index (χ4n) is 3.24. The Morgan fingerprint density at radius 2 is 2.13 bits per heavy atom. The summed E-state index contributed by atoms with van der Waals surface area (Å²) in [6.45, 7) is 4.45. The van der Waals surface area contributed by atoms with Gasteiger partial charge < -0.3 is 10.3 Å². The summed E-state index contributed by atoms with van der Waals surface area (Å²) in [5.41, 5.74) is 4.22. The SMILES string of the molecule is Cc1ccc2[nH]c(C)c(CC(=O)NCC3CCS(=O)(=O)C3)c2c1. The molecule has 3 rings (SSSR count). The number of H-pyrrole nitrogens is 1. The van der Waals surface area contributed by atoms with Crippen molar-refractivity contribution >= 4 is 26.6 Å². The van der Waals surface area contributed by atoms with Gasteiger partial charge in [0, 0.05) is 23.1 Å². The topological polar surface area (TPSA) is 79.0 Å². The van der Waals surface area contributed by atoms with Crippen molar-refractivity contribution in [2.75, 3.05) is 18.1 Å². The van der Waals surface area contributed by atoms with Crippen molar-refractivity contribution in [3.05, 3.63) is 35.0 Å². The van der Waals surface area contributed by atoms with Crippen molar-refractivity contribution in [1.82, 2.24) is 10.3 Å². The van der Waals surface area contributed by atoms with Crippen LogP contribution in [-0.4, -0.2) is 37.4 Å². The lowest BCUT2D eigenvalue weighted by Gasteiger charge is -2.10. The second kappa shape index (κ2) is 6.00. The van der Waals surface area contributed by atoms with Crippen LogP contribution in [0.25, 0.3) is 10.9 Å². The van der Waals surface area contributed by atoms with Crippen LogP contribution in [0.5, 0.6) is 0 Å². The normalized spacial score (nSPS) is 20.0. The molecule has 1 fully saturated rings. The largest absolute Gasteiger partial charge is 0.358 e. The van der Waals surface area contributed by atoms with E-state index in [2.05, 4.69) is 16.4 Å². The third-order valence-electron chi connectivity index (χ3n) is 4.53. The lowest BCUT2D eigenvalue weighted by molar-refractivity contribution is -0.120. The molecule has 0 bridgehead atoms. The Morgan fingerprint density at radius 3 is 2.83 bits per heavy atom. The number of aromatic amines is 1. The van der Waals surface area contributed by atoms with Gasteiger partial charge in [-0.3, -0.25) is 4.79 Å². The highest BCUT2D eigenvalue weighted by atomic mass is 32.2. The Morgan fingerprint density at radius 1 is 1.35 bits per heavy atom. The van der Waals surface area contributed by atoms with Crippen molar-refractivity contribution in [3.8, 4) is 0 Å². The van der Waals surface area contributed by atoms with Crippen molar-refractivity contribution in [1.29, 1.82) is 0 Å². The van der Waals surface area contributed by atoms with E-state index in [0.29, 0.717) is 19.4 Å². The number of benzene rings is 1. The Balaban J connectivity index is 1.66. The Kier molecular flexibility index (Phi) is 4.19. The van der Waals surface area contributed by atoms with E-state index in [4.69, 9.17) is 0 Å². The van der Waals surface area contributed by atoms with Crippen LogP contribution in [0.1, 0.15) is 23.2 Å². The Hall–Kier alpha value is -1.82. The van der Waals surface area contributed by atoms with Gasteiger partial charge in [0.1, 0.15) is 0 Å². The summed E-state index contributed by atoms with van der Waals surface area (Å²) in [6.07, 6.45) is 0.961. The van der Waals surface area contributed by atoms with Gasteiger partial charge in [-0.15, -0.1) is 0 Å². The lowest BCUT2D eigenvalue weighted by atomic mass is 10.0. The third kappa shape index (κ3) is 3.58. The first kappa shape index (κ1) is 16.1. The van der Waals surface area contributed by atoms with Crippen molar-refractivity contribution in [3.63, 3.8) is 0 Å². The molecule has 6 heteroatoms. The summed E-state index contributed by atoms with van der Waals surface area (Å²) in [5, 5.41) is 3.97. The van der Waals surface area contributed by atoms with Crippen LogP contribution in [0.15, 0.2) is 18.2 Å². The van der Waals surface area contributed by atoms with Gasteiger partial charge >= 0.3 is 0 Å². The highest BCUT2D eigenvalue weighted by Crippen LogP contribution is 2.24. The molecule has 1 amide bonds. The van der Waals surface area contributed by atoms with Gasteiger partial charge in [-0.2, -0.15) is 0 Å². The zero-order valence-electron chi connectivity index (χ0n) is 13.5. The molecule has 0 aliphatic carbocycles. The van der Waals surface area contributed by atoms with Crippen LogP contribution in [0.4, 0.5) is 0 Å². The summed E-state index contributed by atoms with van der Waals surface area (Å²) in [5.74, 6) is 0.433. The van der Waals surface area contributed by atoms with E-state index in [1.165, 1.54) is 0 Å². The number of hydrogen-bond acceptors (Lipinski definition) is 3. The quantitative estimate of drug-likeness (QED) is 0.896. The predicted octanol–water partition coefficient (Wildman–Crippen LogP) is 1.88. The molecule has 1 atom stereocenters. The van der Waals surface area contributed by atoms with Crippen LogP contribution in [-0.2, 0) is 21.1 Å². The second-order valence-electron chi connectivity index (χ2n) is 6.53. The second-order valence-corrected chi connectivity index (χ2v) is 8.76. The molecule has 1 aromatic heterocycles. The smallest absolute Gasteiger partial charge is 0.224 e. The maximum atomic E-state index is 12.2. The van der Waals surface area contributed by atoms with E-state index in [1.807, 2.05) is 26.0 Å². The Labute approximate surface area is 136 Å². The molecule has 1 aliphatic heterocycles. The molecule has 5 nitrogen and oxygen atoms in total. The minimum atomic E-state index is -2.89. The molecular weight excluding hydrogens is 312 g/mol. The number of aromatic nitrogens is 1. The van der Waals surface area contributed by atoms with Crippen molar-refractivity contribution in [2.45, 2.75) is 26.7 Å². The minimum Gasteiger partial charge on any atom is -0.358 e. The molecule has 2 heterocycles. The van der Waals surface area contributed by atoms with E-state index in [0.717, 1.165) is 27.7 Å². The molecule has 1 aliphatic rings. The number of nitrogens with one attached hydrogen (secondary N) is 2. The van der Waals surface area contributed by atoms with Crippen LogP contribution in [0.2, 0.25) is 0 Å². The number of fused-ring (bicyclic) bond motifs is 1. The number of carbonyl (C=O) groups excluding carboxylic acids is 1. The third-order valence-corrected chi connectivity index (χ3v) is 6.36. The van der Waals surface area contributed by atoms with Crippen LogP contribution in [0.3, 0.4) is 0 Å². The molecule has 2 aromatic rings. The van der Waals surface area contributed by atoms with Gasteiger partial charge in [0.15, 0.2) is 9.84 Å². The molecule has 2 N–H and O–H groups in total. The van der Waals surface area contributed by atoms with Gasteiger partial charge in [0.05, 0.1) is 17.9 Å². The fourth-order valence-corrected chi connectivity index (χ4v) is 5.10. The average Bonchev–Trinajstić information content (AvgIpc) is 2.97. The zero-order valence-corrected chi connectivity index (χ0v) is 14.3. The van der Waals surface area contributed by atoms with E-state index >= 15 is 0 Å². The summed E-state index contributed by atoms with van der Waals surface area (Å²) in [4.78, 5) is 15.5. The van der Waals surface area contributed by atoms with E-state index in [-0.39, 0.29) is 23.3 Å². The molecule has 0 spiro atoms. The maximum absolute atomic E-state index is 12.2. The monoisotopic (exact) mass is 334 g/mol. The minimum absolute atomic E-state index is 0.0512. The standard InChI is InChI=1S/C17H22N2O3S/c1-11-3-4-16-15(7-11)14(12(2)19-16)8-17(20)18-9-13-5-6-23(21,22)10-13/h3-4,7,13,19H,5-6,8-10H2,1-2H3,(H,18,20). The lowest BCUT2D eigenvalue weighted by Crippen LogP contribution is -2.31. The molecule has 0 radical (unpaired) electrons. The van der Waals surface area contributed by atoms with E-state index in [1.54, 1.807) is 0 Å². The first-order chi connectivity index (χ1) is 10.8. The summed E-state index contributed by atoms with van der Waals surface area (Å²) >= 11 is 0. The molecule has 1 unspecified atom stereocenters. The molecule has 1 aromatic carbocycles.